The Kier molecular flexibility index (Phi) is 4.67. The van der Waals surface area contributed by atoms with Crippen molar-refractivity contribution in [1.82, 2.24) is 10.3 Å². The summed E-state index contributed by atoms with van der Waals surface area (Å²) in [6.07, 6.45) is 3.60. The van der Waals surface area contributed by atoms with E-state index in [1.165, 1.54) is 12.1 Å². The fraction of sp³-hybridized carbons (Fsp3) is 0.571. The fourth-order valence-corrected chi connectivity index (χ4v) is 2.51. The molecule has 1 saturated heterocycles. The number of nitrogens with one attached hydrogen (secondary N) is 1. The van der Waals surface area contributed by atoms with Crippen molar-refractivity contribution in [2.24, 2.45) is 5.73 Å². The summed E-state index contributed by atoms with van der Waals surface area (Å²) in [5.41, 5.74) is 4.91. The van der Waals surface area contributed by atoms with Gasteiger partial charge in [0.05, 0.1) is 18.0 Å². The van der Waals surface area contributed by atoms with E-state index in [9.17, 15) is 9.18 Å². The summed E-state index contributed by atoms with van der Waals surface area (Å²) < 4.78 is 18.5. The molecule has 110 valence electrons. The highest BCUT2D eigenvalue weighted by molar-refractivity contribution is 5.85. The molecule has 2 unspecified atom stereocenters. The number of primary amides is 1. The molecule has 6 heteroatoms. The summed E-state index contributed by atoms with van der Waals surface area (Å²) in [6, 6.07) is 2.77. The van der Waals surface area contributed by atoms with Gasteiger partial charge in [-0.25, -0.2) is 4.39 Å². The van der Waals surface area contributed by atoms with Gasteiger partial charge >= 0.3 is 0 Å². The first-order valence-electron chi connectivity index (χ1n) is 6.87. The van der Waals surface area contributed by atoms with Gasteiger partial charge in [-0.2, -0.15) is 0 Å². The quantitative estimate of drug-likeness (QED) is 0.818. The van der Waals surface area contributed by atoms with Gasteiger partial charge in [0.25, 0.3) is 0 Å². The van der Waals surface area contributed by atoms with Gasteiger partial charge in [0.1, 0.15) is 11.4 Å². The number of aromatic nitrogens is 1. The third kappa shape index (κ3) is 2.96. The second-order valence-electron chi connectivity index (χ2n) is 5.00. The molecule has 1 fully saturated rings. The topological polar surface area (TPSA) is 77.2 Å². The summed E-state index contributed by atoms with van der Waals surface area (Å²) in [6.45, 7) is 3.12. The van der Waals surface area contributed by atoms with Crippen LogP contribution in [0.2, 0.25) is 0 Å². The maximum Gasteiger partial charge on any atom is 0.243 e. The van der Waals surface area contributed by atoms with Crippen molar-refractivity contribution in [3.63, 3.8) is 0 Å². The summed E-state index contributed by atoms with van der Waals surface area (Å²) in [4.78, 5) is 15.9. The molecule has 1 aliphatic rings. The average Bonchev–Trinajstić information content (AvgIpc) is 2.94. The van der Waals surface area contributed by atoms with Crippen molar-refractivity contribution in [1.29, 1.82) is 0 Å². The smallest absolute Gasteiger partial charge is 0.243 e. The van der Waals surface area contributed by atoms with E-state index in [1.807, 2.05) is 6.92 Å². The van der Waals surface area contributed by atoms with E-state index in [0.29, 0.717) is 18.7 Å². The van der Waals surface area contributed by atoms with E-state index >= 15 is 0 Å². The van der Waals surface area contributed by atoms with Crippen LogP contribution >= 0.6 is 0 Å². The third-order valence-electron chi connectivity index (χ3n) is 3.77. The fourth-order valence-electron chi connectivity index (χ4n) is 2.51. The van der Waals surface area contributed by atoms with E-state index in [4.69, 9.17) is 10.5 Å². The van der Waals surface area contributed by atoms with Crippen molar-refractivity contribution in [2.75, 3.05) is 13.2 Å². The van der Waals surface area contributed by atoms with Crippen molar-refractivity contribution < 1.29 is 13.9 Å². The predicted octanol–water partition coefficient (Wildman–Crippen LogP) is 1.08. The number of nitrogens with two attached hydrogens (primary N) is 1. The number of carbonyl (C=O) groups is 1. The lowest BCUT2D eigenvalue weighted by Gasteiger charge is -2.31. The van der Waals surface area contributed by atoms with Crippen LogP contribution in [0.1, 0.15) is 31.9 Å². The molecule has 1 aromatic heterocycles. The number of rotatable bonds is 6. The molecule has 3 N–H and O–H groups in total. The van der Waals surface area contributed by atoms with Gasteiger partial charge in [0.2, 0.25) is 5.91 Å². The van der Waals surface area contributed by atoms with Crippen LogP contribution in [-0.2, 0) is 15.1 Å². The zero-order chi connectivity index (χ0) is 14.6. The van der Waals surface area contributed by atoms with E-state index in [1.54, 1.807) is 0 Å². The minimum Gasteiger partial charge on any atom is -0.377 e. The maximum atomic E-state index is 13.0. The summed E-state index contributed by atoms with van der Waals surface area (Å²) in [7, 11) is 0. The molecule has 0 radical (unpaired) electrons. The van der Waals surface area contributed by atoms with E-state index in [2.05, 4.69) is 10.3 Å². The standard InChI is InChI=1S/C14H20FN3O2/c1-2-14(13(16)19,12-6-5-10(15)8-17-12)18-9-11-4-3-7-20-11/h5-6,8,11,18H,2-4,7,9H2,1H3,(H2,16,19). The minimum atomic E-state index is -1.08. The van der Waals surface area contributed by atoms with Gasteiger partial charge < -0.3 is 10.5 Å². The SMILES string of the molecule is CCC(NCC1CCCO1)(C(N)=O)c1ccc(F)cn1. The highest BCUT2D eigenvalue weighted by Crippen LogP contribution is 2.24. The molecule has 1 aliphatic heterocycles. The largest absolute Gasteiger partial charge is 0.377 e. The average molecular weight is 281 g/mol. The molecule has 0 aliphatic carbocycles. The van der Waals surface area contributed by atoms with E-state index in [-0.39, 0.29) is 6.10 Å². The van der Waals surface area contributed by atoms with Crippen LogP contribution in [-0.4, -0.2) is 30.1 Å². The van der Waals surface area contributed by atoms with Gasteiger partial charge in [0.15, 0.2) is 0 Å². The van der Waals surface area contributed by atoms with Crippen LogP contribution in [0.15, 0.2) is 18.3 Å². The molecule has 0 bridgehead atoms. The highest BCUT2D eigenvalue weighted by Gasteiger charge is 2.38. The first kappa shape index (κ1) is 14.9. The monoisotopic (exact) mass is 281 g/mol. The van der Waals surface area contributed by atoms with Gasteiger partial charge in [0, 0.05) is 13.2 Å². The van der Waals surface area contributed by atoms with Crippen molar-refractivity contribution in [3.05, 3.63) is 29.8 Å². The molecule has 2 rings (SSSR count). The normalized spacial score (nSPS) is 21.6. The van der Waals surface area contributed by atoms with E-state index in [0.717, 1.165) is 25.6 Å². The Hall–Kier alpha value is -1.53. The van der Waals surface area contributed by atoms with Gasteiger partial charge in [-0.3, -0.25) is 15.1 Å². The second kappa shape index (κ2) is 6.28. The Morgan fingerprint density at radius 1 is 1.65 bits per heavy atom. The zero-order valence-electron chi connectivity index (χ0n) is 11.6. The Balaban J connectivity index is 2.19. The van der Waals surface area contributed by atoms with E-state index < -0.39 is 17.3 Å². The summed E-state index contributed by atoms with van der Waals surface area (Å²) in [5.74, 6) is -0.959. The molecule has 0 aromatic carbocycles. The highest BCUT2D eigenvalue weighted by atomic mass is 19.1. The number of hydrogen-bond donors (Lipinski definition) is 2. The Morgan fingerprint density at radius 3 is 2.95 bits per heavy atom. The Bertz CT molecular complexity index is 460. The lowest BCUT2D eigenvalue weighted by Crippen LogP contribution is -2.54. The molecule has 2 atom stereocenters. The number of nitrogens with zero attached hydrogens (tertiary/aromatic N) is 1. The number of halogens is 1. The van der Waals surface area contributed by atoms with Crippen LogP contribution in [0.3, 0.4) is 0 Å². The molecule has 1 aromatic rings. The van der Waals surface area contributed by atoms with Crippen LogP contribution < -0.4 is 11.1 Å². The van der Waals surface area contributed by atoms with Crippen molar-refractivity contribution >= 4 is 5.91 Å². The van der Waals surface area contributed by atoms with Crippen LogP contribution in [0.5, 0.6) is 0 Å². The molecule has 20 heavy (non-hydrogen) atoms. The third-order valence-corrected chi connectivity index (χ3v) is 3.77. The van der Waals surface area contributed by atoms with Crippen molar-refractivity contribution in [3.8, 4) is 0 Å². The predicted molar refractivity (Wildman–Crippen MR) is 72.3 cm³/mol. The number of ether oxygens (including phenoxy) is 1. The van der Waals surface area contributed by atoms with Gasteiger partial charge in [-0.15, -0.1) is 0 Å². The lowest BCUT2D eigenvalue weighted by atomic mass is 9.90. The number of hydrogen-bond acceptors (Lipinski definition) is 4. The molecule has 5 nitrogen and oxygen atoms in total. The van der Waals surface area contributed by atoms with Crippen LogP contribution in [0.25, 0.3) is 0 Å². The number of amides is 1. The lowest BCUT2D eigenvalue weighted by molar-refractivity contribution is -0.125. The van der Waals surface area contributed by atoms with Crippen LogP contribution in [0.4, 0.5) is 4.39 Å². The summed E-state index contributed by atoms with van der Waals surface area (Å²) >= 11 is 0. The Morgan fingerprint density at radius 2 is 2.45 bits per heavy atom. The first-order chi connectivity index (χ1) is 9.58. The molecule has 0 spiro atoms. The minimum absolute atomic E-state index is 0.0840. The molecular weight excluding hydrogens is 261 g/mol. The molecular formula is C14H20FN3O2. The number of carbonyl (C=O) groups excluding carboxylic acids is 1. The van der Waals surface area contributed by atoms with Gasteiger partial charge in [-0.05, 0) is 31.4 Å². The Labute approximate surface area is 117 Å². The number of pyridine rings is 1. The van der Waals surface area contributed by atoms with Crippen molar-refractivity contribution in [2.45, 2.75) is 37.8 Å². The molecule has 0 saturated carbocycles. The van der Waals surface area contributed by atoms with Crippen LogP contribution in [0, 0.1) is 5.82 Å². The summed E-state index contributed by atoms with van der Waals surface area (Å²) in [5, 5.41) is 3.18. The molecule has 2 heterocycles. The first-order valence-corrected chi connectivity index (χ1v) is 6.87. The maximum absolute atomic E-state index is 13.0. The second-order valence-corrected chi connectivity index (χ2v) is 5.00. The molecule has 1 amide bonds. The van der Waals surface area contributed by atoms with Gasteiger partial charge in [-0.1, -0.05) is 6.92 Å². The zero-order valence-corrected chi connectivity index (χ0v) is 11.6.